The largest absolute Gasteiger partial charge is 0.497 e. The normalized spacial score (nSPS) is 18.5. The second kappa shape index (κ2) is 6.48. The SMILES string of the molecule is COc1ccc(C2C3=C(CCCC3=O)Nc3ccc4nc(C)ccc4c32)cc1. The van der Waals surface area contributed by atoms with Gasteiger partial charge in [0.2, 0.25) is 0 Å². The van der Waals surface area contributed by atoms with E-state index in [1.807, 2.05) is 25.1 Å². The summed E-state index contributed by atoms with van der Waals surface area (Å²) >= 11 is 0. The van der Waals surface area contributed by atoms with E-state index in [1.54, 1.807) is 7.11 Å². The van der Waals surface area contributed by atoms with Gasteiger partial charge in [-0.15, -0.1) is 0 Å². The number of ketones is 1. The molecule has 0 amide bonds. The van der Waals surface area contributed by atoms with Crippen LogP contribution in [0.1, 0.15) is 42.0 Å². The summed E-state index contributed by atoms with van der Waals surface area (Å²) in [5.74, 6) is 0.979. The monoisotopic (exact) mass is 370 g/mol. The summed E-state index contributed by atoms with van der Waals surface area (Å²) in [6.07, 6.45) is 2.44. The average molecular weight is 370 g/mol. The van der Waals surface area contributed by atoms with Gasteiger partial charge in [0.05, 0.1) is 12.6 Å². The number of hydrogen-bond donors (Lipinski definition) is 1. The molecule has 0 saturated carbocycles. The number of nitrogens with zero attached hydrogens (tertiary/aromatic N) is 1. The highest BCUT2D eigenvalue weighted by Crippen LogP contribution is 2.47. The summed E-state index contributed by atoms with van der Waals surface area (Å²) < 4.78 is 5.34. The second-order valence-corrected chi connectivity index (χ2v) is 7.55. The third-order valence-corrected chi connectivity index (χ3v) is 5.82. The lowest BCUT2D eigenvalue weighted by molar-refractivity contribution is -0.116. The van der Waals surface area contributed by atoms with Gasteiger partial charge in [-0.05, 0) is 61.2 Å². The van der Waals surface area contributed by atoms with Crippen molar-refractivity contribution in [1.82, 2.24) is 4.98 Å². The average Bonchev–Trinajstić information content (AvgIpc) is 2.72. The number of ether oxygens (including phenoxy) is 1. The number of Topliss-reactive ketones (excluding diaryl/α,β-unsaturated/α-hetero) is 1. The number of nitrogens with one attached hydrogen (secondary N) is 1. The Bertz CT molecular complexity index is 1130. The van der Waals surface area contributed by atoms with Gasteiger partial charge in [0.25, 0.3) is 0 Å². The molecule has 0 spiro atoms. The number of carbonyl (C=O) groups excluding carboxylic acids is 1. The predicted molar refractivity (Wildman–Crippen MR) is 111 cm³/mol. The van der Waals surface area contributed by atoms with Gasteiger partial charge in [-0.3, -0.25) is 9.78 Å². The molecule has 1 atom stereocenters. The van der Waals surface area contributed by atoms with E-state index in [4.69, 9.17) is 9.72 Å². The maximum Gasteiger partial charge on any atom is 0.161 e. The van der Waals surface area contributed by atoms with Crippen molar-refractivity contribution >= 4 is 22.4 Å². The van der Waals surface area contributed by atoms with Crippen LogP contribution < -0.4 is 10.1 Å². The van der Waals surface area contributed by atoms with Crippen molar-refractivity contribution in [2.75, 3.05) is 12.4 Å². The highest BCUT2D eigenvalue weighted by Gasteiger charge is 2.36. The fraction of sp³-hybridized carbons (Fsp3) is 0.250. The van der Waals surface area contributed by atoms with Crippen LogP contribution in [-0.2, 0) is 4.79 Å². The van der Waals surface area contributed by atoms with E-state index in [9.17, 15) is 4.79 Å². The smallest absolute Gasteiger partial charge is 0.161 e. The predicted octanol–water partition coefficient (Wildman–Crippen LogP) is 5.12. The van der Waals surface area contributed by atoms with Gasteiger partial charge >= 0.3 is 0 Å². The molecular weight excluding hydrogens is 348 g/mol. The minimum atomic E-state index is -0.0850. The first kappa shape index (κ1) is 17.0. The van der Waals surface area contributed by atoms with Gasteiger partial charge < -0.3 is 10.1 Å². The third kappa shape index (κ3) is 2.60. The van der Waals surface area contributed by atoms with Crippen LogP contribution in [0.2, 0.25) is 0 Å². The molecule has 28 heavy (non-hydrogen) atoms. The molecule has 4 nitrogen and oxygen atoms in total. The molecule has 0 fully saturated rings. The van der Waals surface area contributed by atoms with E-state index >= 15 is 0 Å². The van der Waals surface area contributed by atoms with Crippen LogP contribution in [0.3, 0.4) is 0 Å². The molecule has 3 aromatic rings. The number of aromatic nitrogens is 1. The Kier molecular flexibility index (Phi) is 3.93. The van der Waals surface area contributed by atoms with E-state index in [2.05, 4.69) is 35.6 Å². The highest BCUT2D eigenvalue weighted by atomic mass is 16.5. The molecule has 140 valence electrons. The lowest BCUT2D eigenvalue weighted by Crippen LogP contribution is -2.27. The number of anilines is 1. The molecule has 0 bridgehead atoms. The fourth-order valence-electron chi connectivity index (χ4n) is 4.51. The molecule has 0 saturated heterocycles. The quantitative estimate of drug-likeness (QED) is 0.680. The van der Waals surface area contributed by atoms with E-state index in [1.165, 1.54) is 0 Å². The van der Waals surface area contributed by atoms with Crippen LogP contribution in [0.4, 0.5) is 5.69 Å². The lowest BCUT2D eigenvalue weighted by Gasteiger charge is -2.35. The van der Waals surface area contributed by atoms with Gasteiger partial charge in [-0.1, -0.05) is 18.2 Å². The number of aryl methyl sites for hydroxylation is 1. The Morgan fingerprint density at radius 3 is 2.64 bits per heavy atom. The van der Waals surface area contributed by atoms with Crippen molar-refractivity contribution in [3.8, 4) is 5.75 Å². The molecule has 2 heterocycles. The zero-order valence-corrected chi connectivity index (χ0v) is 16.1. The number of pyridine rings is 1. The summed E-state index contributed by atoms with van der Waals surface area (Å²) in [6, 6.07) is 16.4. The van der Waals surface area contributed by atoms with E-state index in [0.717, 1.165) is 63.3 Å². The minimum absolute atomic E-state index is 0.0850. The molecule has 2 aromatic carbocycles. The van der Waals surface area contributed by atoms with Crippen molar-refractivity contribution in [1.29, 1.82) is 0 Å². The molecular formula is C24H22N2O2. The first-order valence-electron chi connectivity index (χ1n) is 9.73. The molecule has 1 aromatic heterocycles. The number of rotatable bonds is 2. The molecule has 0 radical (unpaired) electrons. The number of hydrogen-bond acceptors (Lipinski definition) is 4. The van der Waals surface area contributed by atoms with Crippen LogP contribution >= 0.6 is 0 Å². The van der Waals surface area contributed by atoms with Gasteiger partial charge in [0.1, 0.15) is 5.75 Å². The van der Waals surface area contributed by atoms with Crippen molar-refractivity contribution in [2.45, 2.75) is 32.1 Å². The summed E-state index contributed by atoms with van der Waals surface area (Å²) in [7, 11) is 1.67. The Morgan fingerprint density at radius 1 is 1.04 bits per heavy atom. The summed E-state index contributed by atoms with van der Waals surface area (Å²) in [5.41, 5.74) is 7.27. The Balaban J connectivity index is 1.79. The molecule has 1 aliphatic carbocycles. The van der Waals surface area contributed by atoms with Crippen molar-refractivity contribution in [2.24, 2.45) is 0 Å². The maximum absolute atomic E-state index is 13.0. The minimum Gasteiger partial charge on any atom is -0.497 e. The topological polar surface area (TPSA) is 51.2 Å². The molecule has 2 aliphatic rings. The van der Waals surface area contributed by atoms with Crippen LogP contribution in [0.5, 0.6) is 5.75 Å². The van der Waals surface area contributed by atoms with E-state index in [-0.39, 0.29) is 11.7 Å². The number of fused-ring (bicyclic) bond motifs is 3. The third-order valence-electron chi connectivity index (χ3n) is 5.82. The maximum atomic E-state index is 13.0. The van der Waals surface area contributed by atoms with Crippen LogP contribution in [0.25, 0.3) is 10.9 Å². The summed E-state index contributed by atoms with van der Waals surface area (Å²) in [5, 5.41) is 4.66. The Morgan fingerprint density at radius 2 is 1.86 bits per heavy atom. The zero-order chi connectivity index (χ0) is 19.3. The van der Waals surface area contributed by atoms with Crippen molar-refractivity contribution in [3.05, 3.63) is 76.6 Å². The van der Waals surface area contributed by atoms with Gasteiger partial charge in [-0.25, -0.2) is 0 Å². The fourth-order valence-corrected chi connectivity index (χ4v) is 4.51. The Labute approximate surface area is 164 Å². The van der Waals surface area contributed by atoms with Crippen LogP contribution in [-0.4, -0.2) is 17.9 Å². The van der Waals surface area contributed by atoms with E-state index < -0.39 is 0 Å². The standard InChI is InChI=1S/C24H22N2O2/c1-14-6-11-17-18(25-14)12-13-20-23(17)22(15-7-9-16(28-2)10-8-15)24-19(26-20)4-3-5-21(24)27/h6-13,22,26H,3-5H2,1-2H3. The number of benzene rings is 2. The number of methoxy groups -OCH3 is 1. The van der Waals surface area contributed by atoms with E-state index in [0.29, 0.717) is 6.42 Å². The van der Waals surface area contributed by atoms with Crippen molar-refractivity contribution in [3.63, 3.8) is 0 Å². The number of allylic oxidation sites excluding steroid dienone is 2. The second-order valence-electron chi connectivity index (χ2n) is 7.55. The number of carbonyl (C=O) groups is 1. The zero-order valence-electron chi connectivity index (χ0n) is 16.1. The van der Waals surface area contributed by atoms with Gasteiger partial charge in [0.15, 0.2) is 5.78 Å². The molecule has 1 N–H and O–H groups in total. The molecule has 1 aliphatic heterocycles. The molecule has 1 unspecified atom stereocenters. The van der Waals surface area contributed by atoms with Crippen molar-refractivity contribution < 1.29 is 9.53 Å². The van der Waals surface area contributed by atoms with Crippen LogP contribution in [0, 0.1) is 6.92 Å². The van der Waals surface area contributed by atoms with Gasteiger partial charge in [-0.2, -0.15) is 0 Å². The van der Waals surface area contributed by atoms with Crippen LogP contribution in [0.15, 0.2) is 59.8 Å². The lowest BCUT2D eigenvalue weighted by atomic mass is 9.74. The highest BCUT2D eigenvalue weighted by molar-refractivity contribution is 6.03. The molecule has 4 heteroatoms. The summed E-state index contributed by atoms with van der Waals surface area (Å²) in [6.45, 7) is 2.00. The Hall–Kier alpha value is -3.14. The summed E-state index contributed by atoms with van der Waals surface area (Å²) in [4.78, 5) is 17.7. The first-order valence-corrected chi connectivity index (χ1v) is 9.73. The molecule has 5 rings (SSSR count). The first-order chi connectivity index (χ1) is 13.7. The van der Waals surface area contributed by atoms with Gasteiger partial charge in [0, 0.05) is 40.4 Å².